The Morgan fingerprint density at radius 3 is 1.21 bits per heavy atom. The van der Waals surface area contributed by atoms with Crippen molar-refractivity contribution < 1.29 is 46.2 Å². The van der Waals surface area contributed by atoms with Crippen LogP contribution in [0.4, 0.5) is 0 Å². The van der Waals surface area contributed by atoms with Gasteiger partial charge in [-0.2, -0.15) is 0 Å². The Morgan fingerprint density at radius 2 is 0.964 bits per heavy atom. The van der Waals surface area contributed by atoms with Gasteiger partial charge in [-0.15, -0.1) is 0 Å². The number of phosphoric acid groups is 2. The molecule has 0 fully saturated rings. The van der Waals surface area contributed by atoms with Gasteiger partial charge in [-0.1, -0.05) is 27.7 Å². The van der Waals surface area contributed by atoms with E-state index in [0.717, 1.165) is 0 Å². The van der Waals surface area contributed by atoms with E-state index in [0.29, 0.717) is 24.3 Å². The zero-order valence-corrected chi connectivity index (χ0v) is 20.0. The molecular formula is C14H32O10P2S2. The first-order valence-corrected chi connectivity index (χ1v) is 14.5. The molecule has 0 spiro atoms. The molecule has 28 heavy (non-hydrogen) atoms. The Hall–Kier alpha value is 0.520. The van der Waals surface area contributed by atoms with Gasteiger partial charge in [-0.05, 0) is 23.7 Å². The van der Waals surface area contributed by atoms with Crippen molar-refractivity contribution in [1.29, 1.82) is 0 Å². The lowest BCUT2D eigenvalue weighted by atomic mass is 9.92. The molecule has 0 aliphatic heterocycles. The van der Waals surface area contributed by atoms with Crippen LogP contribution in [0, 0.1) is 10.8 Å². The monoisotopic (exact) mass is 486 g/mol. The molecule has 0 saturated heterocycles. The van der Waals surface area contributed by atoms with Crippen molar-refractivity contribution in [2.24, 2.45) is 10.8 Å². The second-order valence-electron chi connectivity index (χ2n) is 8.05. The highest BCUT2D eigenvalue weighted by molar-refractivity contribution is 7.88. The highest BCUT2D eigenvalue weighted by Crippen LogP contribution is 2.39. The molecule has 0 rings (SSSR count). The molecule has 0 bridgehead atoms. The maximum absolute atomic E-state index is 12.1. The van der Waals surface area contributed by atoms with Gasteiger partial charge in [0.2, 0.25) is 0 Å². The molecule has 4 N–H and O–H groups in total. The third-order valence-corrected chi connectivity index (χ3v) is 7.63. The minimum absolute atomic E-state index is 0.161. The first-order valence-electron chi connectivity index (χ1n) is 8.51. The van der Waals surface area contributed by atoms with Gasteiger partial charge in [-0.3, -0.25) is 17.5 Å². The second kappa shape index (κ2) is 11.8. The normalized spacial score (nSPS) is 16.1. The number of hydrogen-bond donors (Lipinski definition) is 4. The lowest BCUT2D eigenvalue weighted by molar-refractivity contribution is 0.126. The number of hydrogen-bond acceptors (Lipinski definition) is 6. The van der Waals surface area contributed by atoms with Crippen molar-refractivity contribution in [3.05, 3.63) is 0 Å². The molecule has 0 saturated carbocycles. The van der Waals surface area contributed by atoms with Gasteiger partial charge in [0.05, 0.1) is 13.2 Å². The highest BCUT2D eigenvalue weighted by Gasteiger charge is 2.26. The molecule has 0 aromatic rings. The van der Waals surface area contributed by atoms with Crippen LogP contribution >= 0.6 is 15.6 Å². The van der Waals surface area contributed by atoms with E-state index in [1.807, 2.05) is 0 Å². The highest BCUT2D eigenvalue weighted by atomic mass is 32.2. The molecule has 2 atom stereocenters. The molecule has 0 aromatic carbocycles. The van der Waals surface area contributed by atoms with Crippen molar-refractivity contribution in [1.82, 2.24) is 0 Å². The standard InChI is InChI=1S/C14H32O10P2S2/c1-13(2,11-23-25(15,16)17)5-7-27(21)9-10-28(22)8-6-14(3,4)12-24-26(18,19)20/h5-12H2,1-4H3,(H2,15,16,17)(H2,18,19,20). The average molecular weight is 486 g/mol. The summed E-state index contributed by atoms with van der Waals surface area (Å²) in [4.78, 5) is 34.9. The van der Waals surface area contributed by atoms with Gasteiger partial charge in [0, 0.05) is 44.6 Å². The fourth-order valence-electron chi connectivity index (χ4n) is 1.83. The molecule has 10 nitrogen and oxygen atoms in total. The Kier molecular flexibility index (Phi) is 12.0. The molecule has 0 aliphatic rings. The Labute approximate surface area is 171 Å². The molecular weight excluding hydrogens is 454 g/mol. The summed E-state index contributed by atoms with van der Waals surface area (Å²) in [6, 6.07) is 0. The zero-order valence-electron chi connectivity index (χ0n) is 16.6. The van der Waals surface area contributed by atoms with Gasteiger partial charge in [-0.25, -0.2) is 9.13 Å². The maximum Gasteiger partial charge on any atom is 0.469 e. The predicted molar refractivity (Wildman–Crippen MR) is 109 cm³/mol. The Balaban J connectivity index is 4.16. The van der Waals surface area contributed by atoms with Crippen LogP contribution in [0.25, 0.3) is 0 Å². The lowest BCUT2D eigenvalue weighted by Gasteiger charge is -2.24. The summed E-state index contributed by atoms with van der Waals surface area (Å²) in [5, 5.41) is 0. The number of rotatable bonds is 15. The van der Waals surface area contributed by atoms with E-state index in [2.05, 4.69) is 9.05 Å². The first kappa shape index (κ1) is 28.5. The molecule has 0 aromatic heterocycles. The summed E-state index contributed by atoms with van der Waals surface area (Å²) in [5.74, 6) is 1.08. The van der Waals surface area contributed by atoms with E-state index < -0.39 is 48.1 Å². The van der Waals surface area contributed by atoms with Crippen LogP contribution in [0.15, 0.2) is 0 Å². The van der Waals surface area contributed by atoms with Crippen molar-refractivity contribution in [3.8, 4) is 0 Å². The third-order valence-electron chi connectivity index (χ3n) is 3.80. The van der Waals surface area contributed by atoms with Crippen LogP contribution in [0.2, 0.25) is 0 Å². The largest absolute Gasteiger partial charge is 0.469 e. The summed E-state index contributed by atoms with van der Waals surface area (Å²) in [5.41, 5.74) is -1.11. The SMILES string of the molecule is CC(C)(CCS(=O)CCS(=O)CCC(C)(C)COP(=O)(O)O)COP(=O)(O)O. The molecule has 170 valence electrons. The van der Waals surface area contributed by atoms with E-state index in [4.69, 9.17) is 19.6 Å². The Morgan fingerprint density at radius 1 is 0.679 bits per heavy atom. The average Bonchev–Trinajstić information content (AvgIpc) is 2.52. The summed E-state index contributed by atoms with van der Waals surface area (Å²) in [7, 11) is -11.5. The van der Waals surface area contributed by atoms with Crippen LogP contribution < -0.4 is 0 Å². The van der Waals surface area contributed by atoms with E-state index >= 15 is 0 Å². The van der Waals surface area contributed by atoms with E-state index in [1.165, 1.54) is 0 Å². The minimum Gasteiger partial charge on any atom is -0.303 e. The van der Waals surface area contributed by atoms with Gasteiger partial charge in [0.25, 0.3) is 0 Å². The molecule has 0 aliphatic carbocycles. The molecule has 0 heterocycles. The quantitative estimate of drug-likeness (QED) is 0.249. The molecule has 2 unspecified atom stereocenters. The van der Waals surface area contributed by atoms with Crippen LogP contribution in [-0.2, 0) is 39.8 Å². The second-order valence-corrected chi connectivity index (χ2v) is 13.9. The smallest absolute Gasteiger partial charge is 0.303 e. The van der Waals surface area contributed by atoms with Gasteiger partial charge in [0.15, 0.2) is 0 Å². The van der Waals surface area contributed by atoms with Crippen LogP contribution in [0.3, 0.4) is 0 Å². The van der Waals surface area contributed by atoms with Crippen molar-refractivity contribution in [3.63, 3.8) is 0 Å². The minimum atomic E-state index is -4.54. The van der Waals surface area contributed by atoms with Gasteiger partial charge >= 0.3 is 15.6 Å². The van der Waals surface area contributed by atoms with Crippen molar-refractivity contribution in [2.45, 2.75) is 40.5 Å². The number of phosphoric ester groups is 2. The first-order chi connectivity index (χ1) is 12.4. The molecule has 0 radical (unpaired) electrons. The fourth-order valence-corrected chi connectivity index (χ4v) is 6.32. The lowest BCUT2D eigenvalue weighted by Crippen LogP contribution is -2.24. The topological polar surface area (TPSA) is 168 Å². The maximum atomic E-state index is 12.1. The summed E-state index contributed by atoms with van der Waals surface area (Å²) < 4.78 is 54.6. The van der Waals surface area contributed by atoms with E-state index in [1.54, 1.807) is 27.7 Å². The van der Waals surface area contributed by atoms with Crippen LogP contribution in [0.1, 0.15) is 40.5 Å². The molecule has 0 amide bonds. The van der Waals surface area contributed by atoms with Crippen LogP contribution in [-0.4, -0.2) is 64.2 Å². The fraction of sp³-hybridized carbons (Fsp3) is 1.00. The van der Waals surface area contributed by atoms with Gasteiger partial charge < -0.3 is 19.6 Å². The van der Waals surface area contributed by atoms with E-state index in [9.17, 15) is 17.5 Å². The Bertz CT molecular complexity index is 572. The summed E-state index contributed by atoms with van der Waals surface area (Å²) >= 11 is 0. The summed E-state index contributed by atoms with van der Waals surface area (Å²) in [6.45, 7) is 6.68. The van der Waals surface area contributed by atoms with E-state index in [-0.39, 0.29) is 24.7 Å². The summed E-state index contributed by atoms with van der Waals surface area (Å²) in [6.07, 6.45) is 0.859. The van der Waals surface area contributed by atoms with Crippen molar-refractivity contribution >= 4 is 37.2 Å². The predicted octanol–water partition coefficient (Wildman–Crippen LogP) is 1.54. The van der Waals surface area contributed by atoms with Crippen LogP contribution in [0.5, 0.6) is 0 Å². The van der Waals surface area contributed by atoms with Crippen molar-refractivity contribution in [2.75, 3.05) is 36.2 Å². The zero-order chi connectivity index (χ0) is 22.2. The molecule has 14 heteroatoms. The third kappa shape index (κ3) is 17.4. The van der Waals surface area contributed by atoms with Gasteiger partial charge in [0.1, 0.15) is 0 Å².